The van der Waals surface area contributed by atoms with Crippen molar-refractivity contribution in [2.75, 3.05) is 5.32 Å². The Morgan fingerprint density at radius 2 is 1.84 bits per heavy atom. The number of amides is 1. The molecule has 1 aliphatic heterocycles. The van der Waals surface area contributed by atoms with Gasteiger partial charge in [-0.2, -0.15) is 0 Å². The van der Waals surface area contributed by atoms with Gasteiger partial charge >= 0.3 is 0 Å². The number of carbonyl (C=O) groups is 1. The van der Waals surface area contributed by atoms with Gasteiger partial charge in [-0.1, -0.05) is 49.2 Å². The van der Waals surface area contributed by atoms with Crippen LogP contribution in [0.3, 0.4) is 0 Å². The fraction of sp³-hybridized carbons (Fsp3) is 0.350. The summed E-state index contributed by atoms with van der Waals surface area (Å²) >= 11 is 5.93. The number of anilines is 1. The largest absolute Gasteiger partial charge is 0.325 e. The Kier molecular flexibility index (Phi) is 6.08. The lowest BCUT2D eigenvalue weighted by atomic mass is 10.0. The van der Waals surface area contributed by atoms with Crippen molar-refractivity contribution in [3.63, 3.8) is 0 Å². The summed E-state index contributed by atoms with van der Waals surface area (Å²) in [6, 6.07) is 15.7. The molecule has 0 saturated carbocycles. The number of nitrogens with one attached hydrogen (secondary N) is 3. The monoisotopic (exact) mass is 357 g/mol. The first-order valence-corrected chi connectivity index (χ1v) is 9.20. The Labute approximate surface area is 153 Å². The summed E-state index contributed by atoms with van der Waals surface area (Å²) in [5.41, 5.74) is 9.53. The molecule has 0 aliphatic carbocycles. The van der Waals surface area contributed by atoms with Gasteiger partial charge in [0.25, 0.3) is 0 Å². The minimum Gasteiger partial charge on any atom is -0.325 e. The third-order valence-electron chi connectivity index (χ3n) is 4.53. The van der Waals surface area contributed by atoms with Crippen LogP contribution < -0.4 is 16.2 Å². The number of hydrogen-bond acceptors (Lipinski definition) is 3. The predicted octanol–water partition coefficient (Wildman–Crippen LogP) is 4.23. The molecule has 3 N–H and O–H groups in total. The van der Waals surface area contributed by atoms with Crippen LogP contribution in [0.2, 0.25) is 5.02 Å². The molecule has 5 heteroatoms. The Morgan fingerprint density at radius 1 is 1.12 bits per heavy atom. The molecule has 2 atom stereocenters. The van der Waals surface area contributed by atoms with E-state index in [1.807, 2.05) is 36.4 Å². The maximum absolute atomic E-state index is 12.5. The summed E-state index contributed by atoms with van der Waals surface area (Å²) in [5, 5.41) is 3.70. The molecule has 25 heavy (non-hydrogen) atoms. The zero-order valence-electron chi connectivity index (χ0n) is 14.4. The van der Waals surface area contributed by atoms with Gasteiger partial charge in [-0.3, -0.25) is 4.79 Å². The van der Waals surface area contributed by atoms with E-state index >= 15 is 0 Å². The summed E-state index contributed by atoms with van der Waals surface area (Å²) in [6.07, 6.45) is 4.16. The van der Waals surface area contributed by atoms with Gasteiger partial charge in [-0.25, -0.2) is 10.9 Å². The molecule has 2 aromatic carbocycles. The third kappa shape index (κ3) is 4.82. The quantitative estimate of drug-likeness (QED) is 0.725. The molecule has 0 radical (unpaired) electrons. The highest BCUT2D eigenvalue weighted by Crippen LogP contribution is 2.24. The first-order valence-electron chi connectivity index (χ1n) is 8.82. The van der Waals surface area contributed by atoms with Crippen molar-refractivity contribution in [2.24, 2.45) is 0 Å². The highest BCUT2D eigenvalue weighted by Gasteiger charge is 2.30. The number of carbonyl (C=O) groups excluding carboxylic acids is 1. The highest BCUT2D eigenvalue weighted by atomic mass is 35.5. The molecule has 0 aromatic heterocycles. The molecule has 4 nitrogen and oxygen atoms in total. The van der Waals surface area contributed by atoms with Gasteiger partial charge < -0.3 is 5.32 Å². The fourth-order valence-electron chi connectivity index (χ4n) is 3.01. The molecule has 132 valence electrons. The summed E-state index contributed by atoms with van der Waals surface area (Å²) in [5.74, 6) is -0.0229. The summed E-state index contributed by atoms with van der Waals surface area (Å²) in [6.45, 7) is 2.19. The molecule has 1 aliphatic rings. The van der Waals surface area contributed by atoms with Crippen molar-refractivity contribution in [2.45, 2.75) is 44.7 Å². The van der Waals surface area contributed by atoms with Gasteiger partial charge in [-0.05, 0) is 54.7 Å². The van der Waals surface area contributed by atoms with Crippen LogP contribution in [0.1, 0.15) is 43.4 Å². The van der Waals surface area contributed by atoms with Gasteiger partial charge in [0.2, 0.25) is 5.91 Å². The Hall–Kier alpha value is -1.88. The maximum Gasteiger partial charge on any atom is 0.242 e. The number of hydrogen-bond donors (Lipinski definition) is 3. The van der Waals surface area contributed by atoms with Crippen molar-refractivity contribution >= 4 is 23.2 Å². The van der Waals surface area contributed by atoms with Gasteiger partial charge in [0.15, 0.2) is 0 Å². The zero-order valence-corrected chi connectivity index (χ0v) is 15.1. The Morgan fingerprint density at radius 3 is 2.52 bits per heavy atom. The molecule has 2 unspecified atom stereocenters. The lowest BCUT2D eigenvalue weighted by Crippen LogP contribution is -2.39. The molecular formula is C20H24ClN3O. The van der Waals surface area contributed by atoms with Crippen LogP contribution in [0.4, 0.5) is 5.69 Å². The average molecular weight is 358 g/mol. The van der Waals surface area contributed by atoms with Gasteiger partial charge in [0.1, 0.15) is 6.04 Å². The number of hydrazine groups is 1. The third-order valence-corrected chi connectivity index (χ3v) is 4.78. The van der Waals surface area contributed by atoms with Crippen LogP contribution in [0.5, 0.6) is 0 Å². The van der Waals surface area contributed by atoms with E-state index in [2.05, 4.69) is 35.2 Å². The molecule has 0 spiro atoms. The first-order chi connectivity index (χ1) is 12.2. The van der Waals surface area contributed by atoms with Crippen LogP contribution in [0.25, 0.3) is 0 Å². The molecule has 3 rings (SSSR count). The van der Waals surface area contributed by atoms with Crippen LogP contribution in [-0.2, 0) is 11.2 Å². The number of halogens is 1. The van der Waals surface area contributed by atoms with E-state index in [0.717, 1.165) is 17.7 Å². The second kappa shape index (κ2) is 8.48. The number of benzene rings is 2. The van der Waals surface area contributed by atoms with Crippen LogP contribution in [0.15, 0.2) is 48.5 Å². The molecule has 1 saturated heterocycles. The number of unbranched alkanes of at least 4 members (excludes halogenated alkanes) is 1. The van der Waals surface area contributed by atoms with Crippen molar-refractivity contribution in [3.05, 3.63) is 64.7 Å². The molecule has 1 fully saturated rings. The minimum atomic E-state index is -0.263. The zero-order chi connectivity index (χ0) is 17.6. The van der Waals surface area contributed by atoms with E-state index in [0.29, 0.717) is 11.4 Å². The first kappa shape index (κ1) is 17.9. The van der Waals surface area contributed by atoms with E-state index in [4.69, 9.17) is 11.6 Å². The average Bonchev–Trinajstić information content (AvgIpc) is 3.12. The SMILES string of the molecule is CCCCc1ccc(NC(=O)C2CC(c3ccc(Cl)cc3)NN2)cc1. The molecule has 0 bridgehead atoms. The van der Waals surface area contributed by atoms with Gasteiger partial charge in [0.05, 0.1) is 0 Å². The van der Waals surface area contributed by atoms with E-state index in [9.17, 15) is 4.79 Å². The van der Waals surface area contributed by atoms with Gasteiger partial charge in [-0.15, -0.1) is 0 Å². The van der Waals surface area contributed by atoms with E-state index in [-0.39, 0.29) is 18.0 Å². The highest BCUT2D eigenvalue weighted by molar-refractivity contribution is 6.30. The summed E-state index contributed by atoms with van der Waals surface area (Å²) in [7, 11) is 0. The lowest BCUT2D eigenvalue weighted by Gasteiger charge is -2.11. The number of aryl methyl sites for hydroxylation is 1. The molecule has 2 aromatic rings. The topological polar surface area (TPSA) is 53.2 Å². The maximum atomic E-state index is 12.5. The Balaban J connectivity index is 1.54. The molecular weight excluding hydrogens is 334 g/mol. The fourth-order valence-corrected chi connectivity index (χ4v) is 3.13. The van der Waals surface area contributed by atoms with E-state index in [1.165, 1.54) is 18.4 Å². The smallest absolute Gasteiger partial charge is 0.242 e. The van der Waals surface area contributed by atoms with Crippen LogP contribution in [0, 0.1) is 0 Å². The number of rotatable bonds is 6. The van der Waals surface area contributed by atoms with Gasteiger partial charge in [0, 0.05) is 16.8 Å². The Bertz CT molecular complexity index is 700. The predicted molar refractivity (Wildman–Crippen MR) is 103 cm³/mol. The second-order valence-corrected chi connectivity index (χ2v) is 6.91. The summed E-state index contributed by atoms with van der Waals surface area (Å²) in [4.78, 5) is 12.5. The van der Waals surface area contributed by atoms with Crippen LogP contribution in [-0.4, -0.2) is 11.9 Å². The van der Waals surface area contributed by atoms with Crippen molar-refractivity contribution in [1.82, 2.24) is 10.9 Å². The van der Waals surface area contributed by atoms with E-state index in [1.54, 1.807) is 0 Å². The molecule has 1 amide bonds. The van der Waals surface area contributed by atoms with E-state index < -0.39 is 0 Å². The molecule has 1 heterocycles. The lowest BCUT2D eigenvalue weighted by molar-refractivity contribution is -0.117. The minimum absolute atomic E-state index is 0.0229. The summed E-state index contributed by atoms with van der Waals surface area (Å²) < 4.78 is 0. The van der Waals surface area contributed by atoms with Crippen molar-refractivity contribution in [1.29, 1.82) is 0 Å². The van der Waals surface area contributed by atoms with Crippen LogP contribution >= 0.6 is 11.6 Å². The van der Waals surface area contributed by atoms with Crippen molar-refractivity contribution < 1.29 is 4.79 Å². The normalized spacial score (nSPS) is 19.8. The van der Waals surface area contributed by atoms with Crippen molar-refractivity contribution in [3.8, 4) is 0 Å². The standard InChI is InChI=1S/C20H24ClN3O/c1-2-3-4-14-5-11-17(12-6-14)22-20(25)19-13-18(23-24-19)15-7-9-16(21)10-8-15/h5-12,18-19,23-24H,2-4,13H2,1H3,(H,22,25). The second-order valence-electron chi connectivity index (χ2n) is 6.47.